The highest BCUT2D eigenvalue weighted by Gasteiger charge is 2.21. The van der Waals surface area contributed by atoms with E-state index in [1.165, 1.54) is 6.33 Å². The maximum Gasteiger partial charge on any atom is 0.257 e. The van der Waals surface area contributed by atoms with Crippen LogP contribution in [0, 0.1) is 6.92 Å². The molecule has 0 bridgehead atoms. The Kier molecular flexibility index (Phi) is 4.54. The minimum Gasteiger partial charge on any atom is -0.497 e. The highest BCUT2D eigenvalue weighted by Crippen LogP contribution is 2.29. The van der Waals surface area contributed by atoms with Gasteiger partial charge in [-0.15, -0.1) is 0 Å². The summed E-state index contributed by atoms with van der Waals surface area (Å²) in [4.78, 5) is 26.7. The van der Waals surface area contributed by atoms with Crippen LogP contribution in [0.5, 0.6) is 5.75 Å². The fourth-order valence-electron chi connectivity index (χ4n) is 3.77. The van der Waals surface area contributed by atoms with Gasteiger partial charge in [0.05, 0.1) is 41.0 Å². The third-order valence-corrected chi connectivity index (χ3v) is 5.36. The summed E-state index contributed by atoms with van der Waals surface area (Å²) < 4.78 is 8.55. The number of nitrogens with one attached hydrogen (secondary N) is 1. The van der Waals surface area contributed by atoms with Crippen LogP contribution in [0.2, 0.25) is 0 Å². The second-order valence-electron chi connectivity index (χ2n) is 7.37. The molecule has 32 heavy (non-hydrogen) atoms. The van der Waals surface area contributed by atoms with E-state index in [1.807, 2.05) is 38.2 Å². The van der Waals surface area contributed by atoms with Crippen molar-refractivity contribution in [3.8, 4) is 17.0 Å². The number of ether oxygens (including phenoxy) is 1. The van der Waals surface area contributed by atoms with Crippen LogP contribution < -0.4 is 10.1 Å². The molecule has 160 valence electrons. The lowest BCUT2D eigenvalue weighted by Gasteiger charge is -2.10. The Morgan fingerprint density at radius 1 is 1.06 bits per heavy atom. The van der Waals surface area contributed by atoms with Gasteiger partial charge >= 0.3 is 0 Å². The molecular weight excluding hydrogens is 408 g/mol. The van der Waals surface area contributed by atoms with Gasteiger partial charge in [-0.1, -0.05) is 0 Å². The van der Waals surface area contributed by atoms with Gasteiger partial charge in [0.2, 0.25) is 0 Å². The van der Waals surface area contributed by atoms with Crippen LogP contribution in [0.25, 0.3) is 33.3 Å². The molecule has 10 heteroatoms. The van der Waals surface area contributed by atoms with Crippen LogP contribution in [0.3, 0.4) is 0 Å². The van der Waals surface area contributed by atoms with Crippen molar-refractivity contribution in [2.75, 3.05) is 12.4 Å². The smallest absolute Gasteiger partial charge is 0.257 e. The molecule has 0 aliphatic rings. The van der Waals surface area contributed by atoms with Gasteiger partial charge in [0.1, 0.15) is 17.9 Å². The first kappa shape index (κ1) is 19.6. The lowest BCUT2D eigenvalue weighted by Crippen LogP contribution is -2.14. The molecule has 1 amide bonds. The predicted octanol–water partition coefficient (Wildman–Crippen LogP) is 2.88. The molecule has 10 nitrogen and oxygen atoms in total. The van der Waals surface area contributed by atoms with E-state index < -0.39 is 0 Å². The Bertz CT molecular complexity index is 1480. The molecule has 0 aliphatic heterocycles. The molecule has 4 heterocycles. The van der Waals surface area contributed by atoms with Gasteiger partial charge in [-0.2, -0.15) is 10.2 Å². The summed E-state index contributed by atoms with van der Waals surface area (Å²) in [7, 11) is 5.21. The van der Waals surface area contributed by atoms with E-state index in [0.29, 0.717) is 39.1 Å². The number of nitrogens with zero attached hydrogens (tertiary/aromatic N) is 7. The molecule has 0 saturated carbocycles. The SMILES string of the molecule is COc1ccc(-c2cc(C(=O)Nc3ncnc4c3cnn4C)c3c(C)nn(C)c3n2)cc1. The Hall–Kier alpha value is -4.34. The summed E-state index contributed by atoms with van der Waals surface area (Å²) in [5.41, 5.74) is 3.94. The number of carbonyl (C=O) groups excluding carboxylic acids is 1. The number of hydrogen-bond donors (Lipinski definition) is 1. The highest BCUT2D eigenvalue weighted by molar-refractivity contribution is 6.14. The number of anilines is 1. The molecule has 5 rings (SSSR count). The van der Waals surface area contributed by atoms with Crippen molar-refractivity contribution < 1.29 is 9.53 Å². The molecule has 0 atom stereocenters. The molecule has 1 N–H and O–H groups in total. The van der Waals surface area contributed by atoms with E-state index in [9.17, 15) is 4.79 Å². The largest absolute Gasteiger partial charge is 0.497 e. The van der Waals surface area contributed by atoms with Crippen molar-refractivity contribution in [2.45, 2.75) is 6.92 Å². The average molecular weight is 428 g/mol. The van der Waals surface area contributed by atoms with Crippen molar-refractivity contribution in [3.63, 3.8) is 0 Å². The van der Waals surface area contributed by atoms with Crippen LogP contribution in [-0.4, -0.2) is 47.5 Å². The van der Waals surface area contributed by atoms with E-state index in [4.69, 9.17) is 9.72 Å². The maximum absolute atomic E-state index is 13.4. The van der Waals surface area contributed by atoms with Crippen LogP contribution in [0.1, 0.15) is 16.1 Å². The average Bonchev–Trinajstić information content (AvgIpc) is 3.33. The number of aromatic nitrogens is 7. The van der Waals surface area contributed by atoms with Crippen molar-refractivity contribution in [3.05, 3.63) is 54.1 Å². The molecular formula is C22H20N8O2. The van der Waals surface area contributed by atoms with Crippen molar-refractivity contribution in [1.82, 2.24) is 34.5 Å². The Labute approximate surface area is 182 Å². The molecule has 0 radical (unpaired) electrons. The van der Waals surface area contributed by atoms with Crippen molar-refractivity contribution in [1.29, 1.82) is 0 Å². The van der Waals surface area contributed by atoms with Gasteiger partial charge in [-0.25, -0.2) is 15.0 Å². The van der Waals surface area contributed by atoms with Gasteiger partial charge in [0.25, 0.3) is 5.91 Å². The van der Waals surface area contributed by atoms with Gasteiger partial charge < -0.3 is 10.1 Å². The zero-order chi connectivity index (χ0) is 22.4. The minimum absolute atomic E-state index is 0.313. The van der Waals surface area contributed by atoms with Gasteiger partial charge in [0, 0.05) is 19.7 Å². The highest BCUT2D eigenvalue weighted by atomic mass is 16.5. The second-order valence-corrected chi connectivity index (χ2v) is 7.37. The molecule has 0 unspecified atom stereocenters. The molecule has 1 aromatic carbocycles. The number of fused-ring (bicyclic) bond motifs is 2. The van der Waals surface area contributed by atoms with Gasteiger partial charge in [0.15, 0.2) is 11.3 Å². The summed E-state index contributed by atoms with van der Waals surface area (Å²) in [6, 6.07) is 9.30. The van der Waals surface area contributed by atoms with E-state index in [2.05, 4.69) is 25.5 Å². The lowest BCUT2D eigenvalue weighted by atomic mass is 10.0. The quantitative estimate of drug-likeness (QED) is 0.468. The summed E-state index contributed by atoms with van der Waals surface area (Å²) in [6.45, 7) is 1.86. The van der Waals surface area contributed by atoms with E-state index in [-0.39, 0.29) is 5.91 Å². The molecule has 4 aromatic heterocycles. The van der Waals surface area contributed by atoms with Crippen LogP contribution in [0.4, 0.5) is 5.82 Å². The van der Waals surface area contributed by atoms with Crippen LogP contribution in [0.15, 0.2) is 42.9 Å². The summed E-state index contributed by atoms with van der Waals surface area (Å²) in [5.74, 6) is 0.825. The van der Waals surface area contributed by atoms with Gasteiger partial charge in [-0.05, 0) is 37.3 Å². The first-order chi connectivity index (χ1) is 15.5. The summed E-state index contributed by atoms with van der Waals surface area (Å²) >= 11 is 0. The normalized spacial score (nSPS) is 11.2. The lowest BCUT2D eigenvalue weighted by molar-refractivity contribution is 0.102. The first-order valence-electron chi connectivity index (χ1n) is 9.89. The number of aryl methyl sites for hydroxylation is 3. The molecule has 5 aromatic rings. The maximum atomic E-state index is 13.4. The number of methoxy groups -OCH3 is 1. The monoisotopic (exact) mass is 428 g/mol. The number of benzene rings is 1. The number of hydrogen-bond acceptors (Lipinski definition) is 7. The fourth-order valence-corrected chi connectivity index (χ4v) is 3.77. The van der Waals surface area contributed by atoms with Crippen LogP contribution in [-0.2, 0) is 14.1 Å². The Morgan fingerprint density at radius 2 is 1.84 bits per heavy atom. The van der Waals surface area contributed by atoms with E-state index in [0.717, 1.165) is 17.0 Å². The van der Waals surface area contributed by atoms with Crippen molar-refractivity contribution >= 4 is 33.8 Å². The minimum atomic E-state index is -0.313. The van der Waals surface area contributed by atoms with Crippen LogP contribution >= 0.6 is 0 Å². The third-order valence-electron chi connectivity index (χ3n) is 5.36. The summed E-state index contributed by atoms with van der Waals surface area (Å²) in [6.07, 6.45) is 3.03. The second kappa shape index (κ2) is 7.41. The molecule has 0 aliphatic carbocycles. The number of carbonyl (C=O) groups is 1. The van der Waals surface area contributed by atoms with Gasteiger partial charge in [-0.3, -0.25) is 14.2 Å². The van der Waals surface area contributed by atoms with E-state index >= 15 is 0 Å². The first-order valence-corrected chi connectivity index (χ1v) is 9.89. The fraction of sp³-hybridized carbons (Fsp3) is 0.182. The predicted molar refractivity (Wildman–Crippen MR) is 119 cm³/mol. The number of rotatable bonds is 4. The Morgan fingerprint density at radius 3 is 2.59 bits per heavy atom. The molecule has 0 spiro atoms. The zero-order valence-corrected chi connectivity index (χ0v) is 18.0. The summed E-state index contributed by atoms with van der Waals surface area (Å²) in [5, 5.41) is 12.9. The third kappa shape index (κ3) is 3.13. The Balaban J connectivity index is 1.63. The standard InChI is InChI=1S/C22H20N8O2/c1-12-18-15(22(31)27-19-16-10-25-29(2)20(16)24-11-23-19)9-17(26-21(18)30(3)28-12)13-5-7-14(32-4)8-6-13/h5-11H,1-4H3,(H,23,24,27,31). The molecule has 0 saturated heterocycles. The van der Waals surface area contributed by atoms with Crippen molar-refractivity contribution in [2.24, 2.45) is 14.1 Å². The topological polar surface area (TPSA) is 113 Å². The number of amides is 1. The number of pyridine rings is 1. The zero-order valence-electron chi connectivity index (χ0n) is 18.0. The van der Waals surface area contributed by atoms with E-state index in [1.54, 1.807) is 35.8 Å². The molecule has 0 fully saturated rings.